The van der Waals surface area contributed by atoms with Gasteiger partial charge in [0, 0.05) is 31.9 Å². The summed E-state index contributed by atoms with van der Waals surface area (Å²) in [6, 6.07) is 9.80. The zero-order valence-electron chi connectivity index (χ0n) is 17.0. The predicted molar refractivity (Wildman–Crippen MR) is 129 cm³/mol. The monoisotopic (exact) mass is 481 g/mol. The fraction of sp³-hybridized carbons (Fsp3) is 0.333. The van der Waals surface area contributed by atoms with E-state index in [0.29, 0.717) is 0 Å². The van der Waals surface area contributed by atoms with Crippen molar-refractivity contribution in [3.63, 3.8) is 0 Å². The van der Waals surface area contributed by atoms with Crippen LogP contribution in [0.2, 0.25) is 0 Å². The molecule has 4 rings (SSSR count). The van der Waals surface area contributed by atoms with Crippen LogP contribution >= 0.6 is 36.2 Å². The summed E-state index contributed by atoms with van der Waals surface area (Å²) in [7, 11) is 0. The Morgan fingerprint density at radius 3 is 2.68 bits per heavy atom. The van der Waals surface area contributed by atoms with Crippen LogP contribution in [0.4, 0.5) is 16.8 Å². The van der Waals surface area contributed by atoms with Gasteiger partial charge in [0.15, 0.2) is 5.13 Å². The van der Waals surface area contributed by atoms with Crippen LogP contribution in [-0.4, -0.2) is 39.1 Å². The molecule has 166 valence electrons. The summed E-state index contributed by atoms with van der Waals surface area (Å²) >= 11 is 1.62. The van der Waals surface area contributed by atoms with Gasteiger partial charge in [-0.1, -0.05) is 17.4 Å². The van der Waals surface area contributed by atoms with Crippen LogP contribution in [0, 0.1) is 12.8 Å². The zero-order chi connectivity index (χ0) is 20.2. The van der Waals surface area contributed by atoms with Gasteiger partial charge in [-0.25, -0.2) is 15.0 Å². The number of hydrogen-bond donors (Lipinski definition) is 2. The quantitative estimate of drug-likeness (QED) is 0.500. The van der Waals surface area contributed by atoms with Crippen molar-refractivity contribution in [3.8, 4) is 10.6 Å². The molecular formula is C21H25Cl2N5O2S. The molecule has 1 saturated heterocycles. The van der Waals surface area contributed by atoms with Gasteiger partial charge in [-0.05, 0) is 55.5 Å². The smallest absolute Gasteiger partial charge is 0.303 e. The van der Waals surface area contributed by atoms with E-state index in [1.807, 2.05) is 43.5 Å². The number of anilines is 3. The Hall–Kier alpha value is -2.42. The van der Waals surface area contributed by atoms with Crippen LogP contribution < -0.4 is 10.2 Å². The standard InChI is InChI=1S/C21H23N5O2S.2ClH/c1-14-5-8-22-19(11-14)25-18-4-2-3-16(24-18)17-13-23-21(29-17)26-9-6-15(7-10-26)12-20(27)28;;/h2-5,8,11,13,15H,6-7,9-10,12H2,1H3,(H,27,28)(H,22,24,25);2*1H. The van der Waals surface area contributed by atoms with Crippen molar-refractivity contribution >= 4 is 58.9 Å². The minimum absolute atomic E-state index is 0. The number of piperidine rings is 1. The molecule has 7 nitrogen and oxygen atoms in total. The maximum absolute atomic E-state index is 10.9. The Bertz CT molecular complexity index is 1010. The van der Waals surface area contributed by atoms with E-state index in [-0.39, 0.29) is 37.2 Å². The second-order valence-electron chi connectivity index (χ2n) is 7.29. The second kappa shape index (κ2) is 11.3. The van der Waals surface area contributed by atoms with Crippen LogP contribution in [0.5, 0.6) is 0 Å². The Balaban J connectivity index is 0.00000171. The van der Waals surface area contributed by atoms with E-state index in [1.165, 1.54) is 0 Å². The molecule has 0 aromatic carbocycles. The molecule has 10 heteroatoms. The third-order valence-electron chi connectivity index (χ3n) is 5.01. The SMILES string of the molecule is Cc1ccnc(Nc2cccc(-c3cnc(N4CCC(CC(=O)O)CC4)s3)n2)c1.Cl.Cl. The molecule has 0 bridgehead atoms. The van der Waals surface area contributed by atoms with E-state index < -0.39 is 5.97 Å². The first kappa shape index (κ1) is 24.8. The number of carboxylic acid groups (broad SMARTS) is 1. The number of rotatable bonds is 6. The van der Waals surface area contributed by atoms with E-state index in [1.54, 1.807) is 17.5 Å². The van der Waals surface area contributed by atoms with Crippen molar-refractivity contribution in [2.45, 2.75) is 26.2 Å². The number of thiazole rings is 1. The number of pyridine rings is 2. The molecule has 3 aromatic heterocycles. The van der Waals surface area contributed by atoms with Crippen molar-refractivity contribution in [2.75, 3.05) is 23.3 Å². The summed E-state index contributed by atoms with van der Waals surface area (Å²) in [6.07, 6.45) is 5.68. The number of aromatic nitrogens is 3. The summed E-state index contributed by atoms with van der Waals surface area (Å²) in [6.45, 7) is 3.72. The first-order chi connectivity index (χ1) is 14.1. The van der Waals surface area contributed by atoms with Crippen LogP contribution in [0.3, 0.4) is 0 Å². The highest BCUT2D eigenvalue weighted by Crippen LogP contribution is 2.33. The molecular weight excluding hydrogens is 457 g/mol. The lowest BCUT2D eigenvalue weighted by Gasteiger charge is -2.30. The maximum atomic E-state index is 10.9. The number of aryl methyl sites for hydroxylation is 1. The molecule has 0 saturated carbocycles. The van der Waals surface area contributed by atoms with E-state index >= 15 is 0 Å². The van der Waals surface area contributed by atoms with E-state index in [4.69, 9.17) is 10.1 Å². The average Bonchev–Trinajstić information content (AvgIpc) is 3.19. The Morgan fingerprint density at radius 2 is 1.97 bits per heavy atom. The number of hydrogen-bond acceptors (Lipinski definition) is 7. The van der Waals surface area contributed by atoms with Crippen molar-refractivity contribution in [1.82, 2.24) is 15.0 Å². The molecule has 4 heterocycles. The third-order valence-corrected chi connectivity index (χ3v) is 6.10. The summed E-state index contributed by atoms with van der Waals surface area (Å²) in [5, 5.41) is 13.2. The predicted octanol–water partition coefficient (Wildman–Crippen LogP) is 5.19. The highest BCUT2D eigenvalue weighted by atomic mass is 35.5. The van der Waals surface area contributed by atoms with E-state index in [9.17, 15) is 4.79 Å². The van der Waals surface area contributed by atoms with Crippen LogP contribution in [-0.2, 0) is 4.79 Å². The first-order valence-electron chi connectivity index (χ1n) is 9.66. The maximum Gasteiger partial charge on any atom is 0.303 e. The fourth-order valence-corrected chi connectivity index (χ4v) is 4.42. The van der Waals surface area contributed by atoms with Gasteiger partial charge in [0.05, 0.1) is 10.6 Å². The Labute approximate surface area is 197 Å². The van der Waals surface area contributed by atoms with Crippen molar-refractivity contribution in [3.05, 3.63) is 48.3 Å². The largest absolute Gasteiger partial charge is 0.481 e. The van der Waals surface area contributed by atoms with Gasteiger partial charge < -0.3 is 15.3 Å². The van der Waals surface area contributed by atoms with Gasteiger partial charge >= 0.3 is 5.97 Å². The number of carbonyl (C=O) groups is 1. The summed E-state index contributed by atoms with van der Waals surface area (Å²) in [5.74, 6) is 1.07. The summed E-state index contributed by atoms with van der Waals surface area (Å²) in [5.41, 5.74) is 2.00. The van der Waals surface area contributed by atoms with Gasteiger partial charge in [-0.2, -0.15) is 0 Å². The molecule has 1 aliphatic heterocycles. The number of carboxylic acids is 1. The molecule has 0 amide bonds. The zero-order valence-corrected chi connectivity index (χ0v) is 19.5. The number of nitrogens with zero attached hydrogens (tertiary/aromatic N) is 4. The summed E-state index contributed by atoms with van der Waals surface area (Å²) < 4.78 is 0. The number of halogens is 2. The fourth-order valence-electron chi connectivity index (χ4n) is 3.48. The lowest BCUT2D eigenvalue weighted by Crippen LogP contribution is -2.34. The average molecular weight is 482 g/mol. The normalized spacial score (nSPS) is 13.8. The van der Waals surface area contributed by atoms with Crippen molar-refractivity contribution < 1.29 is 9.90 Å². The Kier molecular flexibility index (Phi) is 9.03. The Morgan fingerprint density at radius 1 is 1.19 bits per heavy atom. The van der Waals surface area contributed by atoms with Gasteiger partial charge in [0.1, 0.15) is 11.6 Å². The topological polar surface area (TPSA) is 91.2 Å². The minimum Gasteiger partial charge on any atom is -0.481 e. The lowest BCUT2D eigenvalue weighted by atomic mass is 9.94. The molecule has 0 radical (unpaired) electrons. The number of aliphatic carboxylic acids is 1. The molecule has 1 aliphatic rings. The number of nitrogens with one attached hydrogen (secondary N) is 1. The third kappa shape index (κ3) is 6.53. The molecule has 0 spiro atoms. The minimum atomic E-state index is -0.708. The van der Waals surface area contributed by atoms with Gasteiger partial charge in [0.2, 0.25) is 0 Å². The van der Waals surface area contributed by atoms with Crippen LogP contribution in [0.1, 0.15) is 24.8 Å². The highest BCUT2D eigenvalue weighted by molar-refractivity contribution is 7.18. The molecule has 0 atom stereocenters. The van der Waals surface area contributed by atoms with Crippen LogP contribution in [0.25, 0.3) is 10.6 Å². The van der Waals surface area contributed by atoms with Gasteiger partial charge in [0.25, 0.3) is 0 Å². The second-order valence-corrected chi connectivity index (χ2v) is 8.30. The van der Waals surface area contributed by atoms with Gasteiger partial charge in [-0.15, -0.1) is 24.8 Å². The highest BCUT2D eigenvalue weighted by Gasteiger charge is 2.23. The van der Waals surface area contributed by atoms with E-state index in [2.05, 4.69) is 20.2 Å². The van der Waals surface area contributed by atoms with Crippen molar-refractivity contribution in [1.29, 1.82) is 0 Å². The molecule has 1 fully saturated rings. The van der Waals surface area contributed by atoms with Crippen molar-refractivity contribution in [2.24, 2.45) is 5.92 Å². The molecule has 0 aliphatic carbocycles. The summed E-state index contributed by atoms with van der Waals surface area (Å²) in [4.78, 5) is 27.8. The molecule has 3 aromatic rings. The van der Waals surface area contributed by atoms with Crippen LogP contribution in [0.15, 0.2) is 42.7 Å². The van der Waals surface area contributed by atoms with E-state index in [0.717, 1.165) is 58.8 Å². The molecule has 0 unspecified atom stereocenters. The molecule has 2 N–H and O–H groups in total. The van der Waals surface area contributed by atoms with Gasteiger partial charge in [-0.3, -0.25) is 4.79 Å². The molecule has 31 heavy (non-hydrogen) atoms. The lowest BCUT2D eigenvalue weighted by molar-refractivity contribution is -0.138. The first-order valence-corrected chi connectivity index (χ1v) is 10.5.